The summed E-state index contributed by atoms with van der Waals surface area (Å²) in [6, 6.07) is 21.4. The second-order valence-corrected chi connectivity index (χ2v) is 14.3. The van der Waals surface area contributed by atoms with Crippen molar-refractivity contribution >= 4 is 11.9 Å². The Balaban J connectivity index is 0. The molecule has 0 unspecified atom stereocenters. The quantitative estimate of drug-likeness (QED) is 0.101. The van der Waals surface area contributed by atoms with Crippen LogP contribution in [-0.4, -0.2) is 51.1 Å². The van der Waals surface area contributed by atoms with Crippen molar-refractivity contribution in [2.75, 3.05) is 0 Å². The van der Waals surface area contributed by atoms with Crippen molar-refractivity contribution in [1.82, 2.24) is 39.1 Å². The molecule has 4 heterocycles. The van der Waals surface area contributed by atoms with Gasteiger partial charge in [0.1, 0.15) is 0 Å². The van der Waals surface area contributed by atoms with E-state index in [0.717, 1.165) is 56.7 Å². The van der Waals surface area contributed by atoms with Crippen molar-refractivity contribution in [3.8, 4) is 0 Å². The van der Waals surface area contributed by atoms with Crippen molar-refractivity contribution in [2.24, 2.45) is 0 Å². The Morgan fingerprint density at radius 2 is 0.613 bits per heavy atom. The molecule has 6 N–H and O–H groups in total. The number of halogens is 2. The Morgan fingerprint density at radius 1 is 0.435 bits per heavy atom. The standard InChI is InChI=1S/2C18H20N4O2.2ClHO4.2H2O.2Zn/c2*1-11-9-13(3)21(19-11)17(22-14(4)10-12(2)20-22)15-5-7-16(8-6-15)18(23)24;2*2-1(3,4)5;;;;/h2*5-10,17H,1-4H3,(H,23,24);2*(H,2,3,4,5);2*1H2;;/q;;;;;;2*+2/p-2. The number of aromatic carboxylic acids is 2. The fourth-order valence-corrected chi connectivity index (χ4v) is 5.93. The van der Waals surface area contributed by atoms with Crippen LogP contribution in [0.3, 0.4) is 0 Å². The van der Waals surface area contributed by atoms with Gasteiger partial charge in [0.25, 0.3) is 0 Å². The number of hydrogen-bond acceptors (Lipinski definition) is 16. The summed E-state index contributed by atoms with van der Waals surface area (Å²) in [4.78, 5) is 22.0. The molecule has 0 aliphatic carbocycles. The van der Waals surface area contributed by atoms with E-state index < -0.39 is 32.4 Å². The summed E-state index contributed by atoms with van der Waals surface area (Å²) in [5.74, 6) is -2.37. The first-order valence-corrected chi connectivity index (χ1v) is 19.2. The zero-order chi connectivity index (χ0) is 43.9. The van der Waals surface area contributed by atoms with Crippen LogP contribution < -0.4 is 47.5 Å². The van der Waals surface area contributed by atoms with Gasteiger partial charge in [0.2, 0.25) is 0 Å². The maximum atomic E-state index is 11.0. The maximum absolute atomic E-state index is 11.0. The van der Waals surface area contributed by atoms with E-state index in [1.807, 2.05) is 98.4 Å². The molecular weight excluding hydrogens is 970 g/mol. The number of carboxylic acids is 2. The van der Waals surface area contributed by atoms with E-state index in [4.69, 9.17) is 37.3 Å². The van der Waals surface area contributed by atoms with Crippen LogP contribution in [0.2, 0.25) is 0 Å². The largest absolute Gasteiger partial charge is 2.00 e. The van der Waals surface area contributed by atoms with Gasteiger partial charge in [-0.2, -0.15) is 20.4 Å². The minimum atomic E-state index is -4.94. The first-order chi connectivity index (χ1) is 26.7. The van der Waals surface area contributed by atoms with Crippen LogP contribution in [-0.2, 0) is 49.9 Å². The molecule has 0 radical (unpaired) electrons. The SMILES string of the molecule is Cc1cc(C)n(C(c2ccc(C(=O)[O-])cc2)n2nc(C)cc2C)n1.Cc1cc(C)n(C(c2ccc(C(=O)[O-])cc2)n2nc(C)cc2C)n1.[O-][Cl+3]([O-])([O-])[O-].[O-][Cl+3]([O-])([O-])[O-].[OH3+].[OH3+].[Zn+2].[Zn+2]. The minimum absolute atomic E-state index is 0. The number of aryl methyl sites for hydroxylation is 8. The van der Waals surface area contributed by atoms with Crippen LogP contribution in [0.15, 0.2) is 72.8 Å². The van der Waals surface area contributed by atoms with E-state index in [-0.39, 0.29) is 73.4 Å². The van der Waals surface area contributed by atoms with E-state index in [1.165, 1.54) is 0 Å². The number of nitrogens with zero attached hydrogens (tertiary/aromatic N) is 8. The first kappa shape index (κ1) is 59.7. The zero-order valence-corrected chi connectivity index (χ0v) is 42.3. The van der Waals surface area contributed by atoms with Crippen LogP contribution >= 0.6 is 0 Å². The Bertz CT molecular complexity index is 2060. The third-order valence-electron chi connectivity index (χ3n) is 7.99. The number of carboxylic acid groups (broad SMARTS) is 2. The van der Waals surface area contributed by atoms with Crippen molar-refractivity contribution < 1.29 is 127 Å². The van der Waals surface area contributed by atoms with Crippen LogP contribution in [0.25, 0.3) is 0 Å². The van der Waals surface area contributed by atoms with Gasteiger partial charge in [0, 0.05) is 22.8 Å². The topological polar surface area (TPSA) is 402 Å². The Morgan fingerprint density at radius 3 is 0.742 bits per heavy atom. The molecule has 0 aliphatic rings. The van der Waals surface area contributed by atoms with Gasteiger partial charge in [-0.3, -0.25) is 0 Å². The van der Waals surface area contributed by atoms with E-state index in [2.05, 4.69) is 20.4 Å². The number of rotatable bonds is 8. The fourth-order valence-electron chi connectivity index (χ4n) is 5.93. The normalized spacial score (nSPS) is 10.6. The molecule has 62 heavy (non-hydrogen) atoms. The summed E-state index contributed by atoms with van der Waals surface area (Å²) in [5, 5.41) is 40.4. The number of aromatic nitrogens is 8. The summed E-state index contributed by atoms with van der Waals surface area (Å²) < 4.78 is 75.6. The van der Waals surface area contributed by atoms with Crippen LogP contribution in [0.5, 0.6) is 0 Å². The third-order valence-corrected chi connectivity index (χ3v) is 7.99. The molecule has 328 valence electrons. The van der Waals surface area contributed by atoms with Gasteiger partial charge in [-0.05, 0) is 102 Å². The number of carbonyl (C=O) groups is 2. The Labute approximate surface area is 384 Å². The van der Waals surface area contributed by atoms with Gasteiger partial charge in [0.05, 0.1) is 34.7 Å². The zero-order valence-electron chi connectivity index (χ0n) is 34.9. The minimum Gasteiger partial charge on any atom is -0.545 e. The molecule has 2 aromatic carbocycles. The molecule has 0 aliphatic heterocycles. The first-order valence-electron chi connectivity index (χ1n) is 16.7. The van der Waals surface area contributed by atoms with Gasteiger partial charge < -0.3 is 30.8 Å². The molecule has 0 bridgehead atoms. The second-order valence-electron chi connectivity index (χ2n) is 12.8. The van der Waals surface area contributed by atoms with Crippen molar-refractivity contribution in [1.29, 1.82) is 0 Å². The summed E-state index contributed by atoms with van der Waals surface area (Å²) in [6.45, 7) is 15.8. The molecule has 0 saturated carbocycles. The molecule has 0 saturated heterocycles. The van der Waals surface area contributed by atoms with Gasteiger partial charge in [0.15, 0.2) is 12.3 Å². The molecule has 0 fully saturated rings. The smallest absolute Gasteiger partial charge is 0.545 e. The average Bonchev–Trinajstić information content (AvgIpc) is 3.81. The van der Waals surface area contributed by atoms with Gasteiger partial charge in [-0.15, -0.1) is 20.5 Å². The van der Waals surface area contributed by atoms with Crippen molar-refractivity contribution in [3.63, 3.8) is 0 Å². The monoisotopic (exact) mass is 1010 g/mol. The molecule has 0 atom stereocenters. The Kier molecular flexibility index (Phi) is 24.2. The molecule has 0 spiro atoms. The number of carbonyl (C=O) groups excluding carboxylic acids is 2. The van der Waals surface area contributed by atoms with E-state index in [9.17, 15) is 19.8 Å². The van der Waals surface area contributed by atoms with Crippen LogP contribution in [0, 0.1) is 75.9 Å². The summed E-state index contributed by atoms with van der Waals surface area (Å²) in [6.07, 6.45) is -0.550. The van der Waals surface area contributed by atoms with Crippen LogP contribution in [0.1, 0.15) is 89.7 Å². The summed E-state index contributed by atoms with van der Waals surface area (Å²) in [5.41, 5.74) is 9.82. The van der Waals surface area contributed by atoms with Crippen molar-refractivity contribution in [3.05, 3.63) is 141 Å². The molecule has 6 rings (SSSR count). The Hall–Kier alpha value is -4.35. The molecule has 22 nitrogen and oxygen atoms in total. The maximum Gasteiger partial charge on any atom is 2.00 e. The van der Waals surface area contributed by atoms with Crippen LogP contribution in [0.4, 0.5) is 0 Å². The third kappa shape index (κ3) is 18.2. The molecule has 4 aromatic heterocycles. The average molecular weight is 1010 g/mol. The predicted molar refractivity (Wildman–Crippen MR) is 185 cm³/mol. The molecule has 26 heteroatoms. The number of benzene rings is 2. The van der Waals surface area contributed by atoms with E-state index in [1.54, 1.807) is 48.5 Å². The molecule has 6 aromatic rings. The predicted octanol–water partition coefficient (Wildman–Crippen LogP) is -7.82. The summed E-state index contributed by atoms with van der Waals surface area (Å²) in [7, 11) is -9.89. The molecule has 0 amide bonds. The summed E-state index contributed by atoms with van der Waals surface area (Å²) >= 11 is 0. The van der Waals surface area contributed by atoms with E-state index in [0.29, 0.717) is 0 Å². The van der Waals surface area contributed by atoms with Crippen molar-refractivity contribution in [2.45, 2.75) is 67.7 Å². The second kappa shape index (κ2) is 25.1. The van der Waals surface area contributed by atoms with Gasteiger partial charge >= 0.3 is 39.0 Å². The fraction of sp³-hybridized carbons (Fsp3) is 0.278. The van der Waals surface area contributed by atoms with E-state index >= 15 is 0 Å². The van der Waals surface area contributed by atoms with Gasteiger partial charge in [-0.1, -0.05) is 48.5 Å². The number of hydrogen-bond donors (Lipinski definition) is 0. The molecular formula is C36H44Cl2N8O14Zn2+2. The van der Waals surface area contributed by atoms with Gasteiger partial charge in [-0.25, -0.2) is 56.0 Å².